The first-order chi connectivity index (χ1) is 14.0. The van der Waals surface area contributed by atoms with Crippen LogP contribution in [-0.2, 0) is 16.1 Å². The van der Waals surface area contributed by atoms with E-state index in [-0.39, 0.29) is 17.9 Å². The second kappa shape index (κ2) is 8.76. The molecular formula is C22H27ClN4O2. The van der Waals surface area contributed by atoms with Crippen molar-refractivity contribution in [2.24, 2.45) is 11.8 Å². The van der Waals surface area contributed by atoms with Crippen LogP contribution in [0.5, 0.6) is 0 Å². The Kier molecular flexibility index (Phi) is 6.11. The van der Waals surface area contributed by atoms with Gasteiger partial charge in [-0.25, -0.2) is 5.06 Å². The van der Waals surface area contributed by atoms with E-state index < -0.39 is 0 Å². The summed E-state index contributed by atoms with van der Waals surface area (Å²) < 4.78 is 0. The summed E-state index contributed by atoms with van der Waals surface area (Å²) in [5.74, 6) is 0.655. The lowest BCUT2D eigenvalue weighted by molar-refractivity contribution is -0.183. The van der Waals surface area contributed by atoms with Gasteiger partial charge >= 0.3 is 0 Å². The summed E-state index contributed by atoms with van der Waals surface area (Å²) in [5.41, 5.74) is 3.82. The maximum atomic E-state index is 13.1. The predicted molar refractivity (Wildman–Crippen MR) is 110 cm³/mol. The number of carbonyl (C=O) groups excluding carboxylic acids is 1. The van der Waals surface area contributed by atoms with Crippen LogP contribution in [0.1, 0.15) is 60.8 Å². The number of pyridine rings is 1. The lowest BCUT2D eigenvalue weighted by Gasteiger charge is -2.31. The molecule has 2 fully saturated rings. The fourth-order valence-corrected chi connectivity index (χ4v) is 4.57. The van der Waals surface area contributed by atoms with Crippen molar-refractivity contribution < 1.29 is 9.63 Å². The maximum absolute atomic E-state index is 13.1. The first-order valence-corrected chi connectivity index (χ1v) is 10.7. The minimum absolute atomic E-state index is 0.0138. The van der Waals surface area contributed by atoms with E-state index in [4.69, 9.17) is 16.4 Å². The Bertz CT molecular complexity index is 866. The largest absolute Gasteiger partial charge is 0.272 e. The molecule has 2 aliphatic rings. The van der Waals surface area contributed by atoms with Crippen LogP contribution in [0.2, 0.25) is 5.02 Å². The topological polar surface area (TPSA) is 68.2 Å². The van der Waals surface area contributed by atoms with Gasteiger partial charge in [-0.2, -0.15) is 0 Å². The molecule has 0 bridgehead atoms. The normalized spacial score (nSPS) is 24.7. The highest BCUT2D eigenvalue weighted by molar-refractivity contribution is 6.31. The minimum Gasteiger partial charge on any atom is -0.272 e. The third-order valence-corrected chi connectivity index (χ3v) is 6.38. The number of rotatable bonds is 4. The summed E-state index contributed by atoms with van der Waals surface area (Å²) in [4.78, 5) is 31.9. The first kappa shape index (κ1) is 20.2. The molecule has 6 nitrogen and oxygen atoms in total. The van der Waals surface area contributed by atoms with Gasteiger partial charge in [0.15, 0.2) is 0 Å². The Morgan fingerprint density at radius 2 is 1.83 bits per heavy atom. The van der Waals surface area contributed by atoms with Gasteiger partial charge in [-0.05, 0) is 63.5 Å². The van der Waals surface area contributed by atoms with Crippen LogP contribution in [0.3, 0.4) is 0 Å². The number of amides is 1. The zero-order chi connectivity index (χ0) is 20.4. The van der Waals surface area contributed by atoms with E-state index in [2.05, 4.69) is 21.0 Å². The van der Waals surface area contributed by atoms with Crippen LogP contribution >= 0.6 is 11.6 Å². The quantitative estimate of drug-likeness (QED) is 0.741. The maximum Gasteiger partial charge on any atom is 0.249 e. The lowest BCUT2D eigenvalue weighted by Crippen LogP contribution is -2.37. The van der Waals surface area contributed by atoms with Gasteiger partial charge in [-0.3, -0.25) is 24.6 Å². The van der Waals surface area contributed by atoms with Gasteiger partial charge in [0.25, 0.3) is 0 Å². The Morgan fingerprint density at radius 3 is 2.55 bits per heavy atom. The smallest absolute Gasteiger partial charge is 0.249 e. The van der Waals surface area contributed by atoms with Crippen LogP contribution in [-0.4, -0.2) is 32.5 Å². The van der Waals surface area contributed by atoms with E-state index >= 15 is 0 Å². The molecule has 1 aliphatic carbocycles. The molecule has 0 aromatic carbocycles. The predicted octanol–water partition coefficient (Wildman–Crippen LogP) is 4.40. The average molecular weight is 415 g/mol. The van der Waals surface area contributed by atoms with Crippen LogP contribution < -0.4 is 0 Å². The van der Waals surface area contributed by atoms with Crippen molar-refractivity contribution in [1.29, 1.82) is 0 Å². The van der Waals surface area contributed by atoms with Crippen molar-refractivity contribution >= 4 is 17.5 Å². The summed E-state index contributed by atoms with van der Waals surface area (Å²) in [6.45, 7) is 4.44. The standard InChI is InChI=1S/C22H27ClN4O2/c1-14-9-18(19(23)12-24-14)10-16-3-5-17(6-4-16)22(28)27-21(7-8-29-27)20-13-25-15(2)11-26-20/h9,11-13,16-17,21H,3-8,10H2,1-2H3/t16-,17-,21-/m0/s1. The Hall–Kier alpha value is -2.05. The van der Waals surface area contributed by atoms with Crippen molar-refractivity contribution in [2.75, 3.05) is 6.61 Å². The van der Waals surface area contributed by atoms with Crippen LogP contribution in [0.4, 0.5) is 0 Å². The Labute approximate surface area is 176 Å². The average Bonchev–Trinajstić information content (AvgIpc) is 3.21. The highest BCUT2D eigenvalue weighted by Gasteiger charge is 2.38. The molecule has 0 N–H and O–H groups in total. The van der Waals surface area contributed by atoms with Gasteiger partial charge < -0.3 is 0 Å². The van der Waals surface area contributed by atoms with E-state index in [1.54, 1.807) is 23.7 Å². The van der Waals surface area contributed by atoms with Crippen molar-refractivity contribution in [2.45, 2.75) is 58.4 Å². The van der Waals surface area contributed by atoms with Gasteiger partial charge in [-0.1, -0.05) is 11.6 Å². The summed E-state index contributed by atoms with van der Waals surface area (Å²) in [5, 5.41) is 2.30. The molecular weight excluding hydrogens is 388 g/mol. The summed E-state index contributed by atoms with van der Waals surface area (Å²) in [6, 6.07) is 1.94. The van der Waals surface area contributed by atoms with Crippen molar-refractivity contribution in [3.8, 4) is 0 Å². The molecule has 1 saturated carbocycles. The van der Waals surface area contributed by atoms with Gasteiger partial charge in [0.05, 0.1) is 29.2 Å². The molecule has 1 amide bonds. The highest BCUT2D eigenvalue weighted by atomic mass is 35.5. The fourth-order valence-electron chi connectivity index (χ4n) is 4.39. The Morgan fingerprint density at radius 1 is 1.07 bits per heavy atom. The molecule has 154 valence electrons. The molecule has 1 saturated heterocycles. The number of hydroxylamine groups is 2. The molecule has 7 heteroatoms. The first-order valence-electron chi connectivity index (χ1n) is 10.4. The van der Waals surface area contributed by atoms with E-state index in [9.17, 15) is 4.79 Å². The number of nitrogens with zero attached hydrogens (tertiary/aromatic N) is 4. The van der Waals surface area contributed by atoms with Crippen molar-refractivity contribution in [3.63, 3.8) is 0 Å². The van der Waals surface area contributed by atoms with E-state index in [0.29, 0.717) is 12.5 Å². The molecule has 4 rings (SSSR count). The number of hydrogen-bond donors (Lipinski definition) is 0. The molecule has 0 radical (unpaired) electrons. The molecule has 2 aromatic rings. The van der Waals surface area contributed by atoms with Crippen LogP contribution in [0.25, 0.3) is 0 Å². The molecule has 1 atom stereocenters. The molecule has 0 unspecified atom stereocenters. The molecule has 0 spiro atoms. The number of aryl methyl sites for hydroxylation is 2. The van der Waals surface area contributed by atoms with Gasteiger partial charge in [-0.15, -0.1) is 0 Å². The summed E-state index contributed by atoms with van der Waals surface area (Å²) in [6.07, 6.45) is 10.8. The molecule has 1 aliphatic heterocycles. The number of aromatic nitrogens is 3. The van der Waals surface area contributed by atoms with Gasteiger partial charge in [0.2, 0.25) is 5.91 Å². The third kappa shape index (κ3) is 4.59. The van der Waals surface area contributed by atoms with Gasteiger partial charge in [0, 0.05) is 30.4 Å². The van der Waals surface area contributed by atoms with E-state index in [1.807, 2.05) is 13.8 Å². The molecule has 2 aromatic heterocycles. The third-order valence-electron chi connectivity index (χ3n) is 6.04. The van der Waals surface area contributed by atoms with Crippen LogP contribution in [0.15, 0.2) is 24.7 Å². The zero-order valence-electron chi connectivity index (χ0n) is 17.0. The van der Waals surface area contributed by atoms with E-state index in [0.717, 1.165) is 66.2 Å². The zero-order valence-corrected chi connectivity index (χ0v) is 17.7. The van der Waals surface area contributed by atoms with Crippen LogP contribution in [0, 0.1) is 25.7 Å². The van der Waals surface area contributed by atoms with Crippen molar-refractivity contribution in [3.05, 3.63) is 52.3 Å². The van der Waals surface area contributed by atoms with Gasteiger partial charge in [0.1, 0.15) is 6.04 Å². The highest BCUT2D eigenvalue weighted by Crippen LogP contribution is 2.37. The second-order valence-electron chi connectivity index (χ2n) is 8.22. The van der Waals surface area contributed by atoms with E-state index in [1.165, 1.54) is 0 Å². The second-order valence-corrected chi connectivity index (χ2v) is 8.63. The number of hydrogen-bond acceptors (Lipinski definition) is 5. The number of halogens is 1. The lowest BCUT2D eigenvalue weighted by atomic mass is 9.79. The fraction of sp³-hybridized carbons (Fsp3) is 0.545. The summed E-state index contributed by atoms with van der Waals surface area (Å²) >= 11 is 6.31. The molecule has 29 heavy (non-hydrogen) atoms. The monoisotopic (exact) mass is 414 g/mol. The minimum atomic E-state index is -0.132. The SMILES string of the molecule is Cc1cnc([C@@H]2CCON2C(=O)[C@H]2CC[C@H](Cc3cc(C)ncc3Cl)CC2)cn1. The molecule has 3 heterocycles. The summed E-state index contributed by atoms with van der Waals surface area (Å²) in [7, 11) is 0. The Balaban J connectivity index is 1.36. The number of carbonyl (C=O) groups is 1. The van der Waals surface area contributed by atoms with Crippen molar-refractivity contribution in [1.82, 2.24) is 20.0 Å².